The lowest BCUT2D eigenvalue weighted by molar-refractivity contribution is -0.157. The van der Waals surface area contributed by atoms with Gasteiger partial charge >= 0.3 is 0 Å². The first-order valence-electron chi connectivity index (χ1n) is 12.3. The maximum Gasteiger partial charge on any atom is 0.274 e. The number of carbonyl (C=O) groups is 4. The molecular formula is C28H27N3O8. The molecule has 11 nitrogen and oxygen atoms in total. The average molecular weight is 534 g/mol. The van der Waals surface area contributed by atoms with E-state index in [2.05, 4.69) is 5.48 Å². The molecule has 2 aromatic rings. The molecule has 1 saturated carbocycles. The van der Waals surface area contributed by atoms with E-state index in [0.29, 0.717) is 22.3 Å². The van der Waals surface area contributed by atoms with Gasteiger partial charge in [-0.25, -0.2) is 5.48 Å². The van der Waals surface area contributed by atoms with Crippen molar-refractivity contribution < 1.29 is 39.3 Å². The van der Waals surface area contributed by atoms with Gasteiger partial charge in [0.25, 0.3) is 11.8 Å². The number of hydrogen-bond acceptors (Lipinski definition) is 9. The van der Waals surface area contributed by atoms with Gasteiger partial charge in [-0.05, 0) is 65.6 Å². The van der Waals surface area contributed by atoms with Crippen molar-refractivity contribution in [3.05, 3.63) is 69.8 Å². The molecule has 0 spiro atoms. The zero-order valence-corrected chi connectivity index (χ0v) is 21.0. The van der Waals surface area contributed by atoms with Crippen molar-refractivity contribution in [1.82, 2.24) is 5.48 Å². The number of aliphatic hydroxyl groups is 2. The quantitative estimate of drug-likeness (QED) is 0.183. The van der Waals surface area contributed by atoms with Crippen molar-refractivity contribution >= 4 is 29.1 Å². The van der Waals surface area contributed by atoms with E-state index in [1.807, 2.05) is 0 Å². The highest BCUT2D eigenvalue weighted by atomic mass is 16.6. The summed E-state index contributed by atoms with van der Waals surface area (Å²) >= 11 is 0. The molecule has 3 aliphatic rings. The molecule has 0 unspecified atom stereocenters. The molecular weight excluding hydrogens is 506 g/mol. The fraction of sp³-hybridized carbons (Fsp3) is 0.286. The number of aliphatic hydroxyl groups excluding tert-OH is 1. The third-order valence-electron chi connectivity index (χ3n) is 7.94. The zero-order valence-electron chi connectivity index (χ0n) is 21.0. The second kappa shape index (κ2) is 9.45. The number of phenolic OH excluding ortho intramolecular Hbond substituents is 1. The molecule has 5 rings (SSSR count). The molecule has 0 bridgehead atoms. The van der Waals surface area contributed by atoms with Gasteiger partial charge in [-0.2, -0.15) is 0 Å². The van der Waals surface area contributed by atoms with Crippen LogP contribution in [0.3, 0.4) is 0 Å². The summed E-state index contributed by atoms with van der Waals surface area (Å²) in [5.74, 6) is -6.02. The first-order valence-corrected chi connectivity index (χ1v) is 12.3. The summed E-state index contributed by atoms with van der Waals surface area (Å²) < 4.78 is 0. The number of primary amides is 1. The van der Waals surface area contributed by atoms with Crippen molar-refractivity contribution in [3.8, 4) is 16.9 Å². The number of amides is 2. The largest absolute Gasteiger partial charge is 0.507 e. The van der Waals surface area contributed by atoms with Crippen LogP contribution in [0.1, 0.15) is 34.3 Å². The monoisotopic (exact) mass is 533 g/mol. The lowest BCUT2D eigenvalue weighted by Gasteiger charge is -2.46. The Morgan fingerprint density at radius 2 is 1.87 bits per heavy atom. The number of fused-ring (bicyclic) bond motifs is 3. The summed E-state index contributed by atoms with van der Waals surface area (Å²) in [6, 6.07) is 9.68. The van der Waals surface area contributed by atoms with E-state index in [-0.39, 0.29) is 48.3 Å². The van der Waals surface area contributed by atoms with Crippen LogP contribution < -0.4 is 16.9 Å². The predicted molar refractivity (Wildman–Crippen MR) is 138 cm³/mol. The SMILES string of the molecule is CONC(=O)c1cccc(-c2ccc(O)c3c2C[C@H]2C[C@H]4CC(CN)=C(C(N)=O)C(=O)[C@@]4(O)C(=O)C2=C3O)c1. The van der Waals surface area contributed by atoms with Gasteiger partial charge in [0.05, 0.1) is 18.2 Å². The lowest BCUT2D eigenvalue weighted by atomic mass is 9.57. The van der Waals surface area contributed by atoms with Crippen molar-refractivity contribution in [1.29, 1.82) is 0 Å². The minimum Gasteiger partial charge on any atom is -0.507 e. The summed E-state index contributed by atoms with van der Waals surface area (Å²) in [6.07, 6.45) is 0.348. The maximum atomic E-state index is 13.7. The van der Waals surface area contributed by atoms with E-state index >= 15 is 0 Å². The highest BCUT2D eigenvalue weighted by Gasteiger charge is 2.61. The number of nitrogens with two attached hydrogens (primary N) is 2. The Balaban J connectivity index is 1.64. The Bertz CT molecular complexity index is 1520. The Kier molecular flexibility index (Phi) is 6.37. The van der Waals surface area contributed by atoms with Crippen LogP contribution in [0.5, 0.6) is 5.75 Å². The topological polar surface area (TPSA) is 202 Å². The Morgan fingerprint density at radius 3 is 2.54 bits per heavy atom. The second-order valence-corrected chi connectivity index (χ2v) is 9.97. The van der Waals surface area contributed by atoms with Gasteiger partial charge in [-0.3, -0.25) is 24.0 Å². The van der Waals surface area contributed by atoms with Gasteiger partial charge in [-0.1, -0.05) is 18.2 Å². The van der Waals surface area contributed by atoms with E-state index < -0.39 is 52.1 Å². The number of aromatic hydroxyl groups is 1. The number of Topliss-reactive ketones (excluding diaryl/α,β-unsaturated/α-hetero) is 2. The number of hydrogen-bond donors (Lipinski definition) is 6. The van der Waals surface area contributed by atoms with E-state index in [1.54, 1.807) is 30.3 Å². The standard InChI is InChI=1S/C28H27N3O8/c1-39-31-27(37)13-4-2-3-12(7-13)17-5-6-19(32)22-18(17)10-14-8-16-9-15(11-29)21(26(30)36)25(35)28(16,38)24(34)20(14)23(22)33/h2-7,14,16,32-33,38H,8-11,29H2,1H3,(H2,30,36)(H,31,37)/t14-,16+,28+/m1/s1. The maximum absolute atomic E-state index is 13.7. The van der Waals surface area contributed by atoms with E-state index in [9.17, 15) is 34.5 Å². The molecule has 0 aliphatic heterocycles. The third-order valence-corrected chi connectivity index (χ3v) is 7.94. The molecule has 0 heterocycles. The molecule has 8 N–H and O–H groups in total. The average Bonchev–Trinajstić information content (AvgIpc) is 2.90. The van der Waals surface area contributed by atoms with Crippen LogP contribution in [0.2, 0.25) is 0 Å². The van der Waals surface area contributed by atoms with Crippen LogP contribution in [0.15, 0.2) is 53.1 Å². The van der Waals surface area contributed by atoms with Crippen molar-refractivity contribution in [2.24, 2.45) is 23.3 Å². The summed E-state index contributed by atoms with van der Waals surface area (Å²) in [6.45, 7) is -0.142. The van der Waals surface area contributed by atoms with Crippen molar-refractivity contribution in [3.63, 3.8) is 0 Å². The second-order valence-electron chi connectivity index (χ2n) is 9.97. The zero-order chi connectivity index (χ0) is 28.2. The van der Waals surface area contributed by atoms with Crippen LogP contribution in [0.25, 0.3) is 16.9 Å². The first kappa shape index (κ1) is 26.3. The highest BCUT2D eigenvalue weighted by molar-refractivity contribution is 6.33. The smallest absolute Gasteiger partial charge is 0.274 e. The number of benzene rings is 2. The molecule has 1 fully saturated rings. The summed E-state index contributed by atoms with van der Waals surface area (Å²) in [5.41, 5.74) is 12.5. The summed E-state index contributed by atoms with van der Waals surface area (Å²) in [4.78, 5) is 56.0. The fourth-order valence-corrected chi connectivity index (χ4v) is 6.18. The molecule has 0 saturated heterocycles. The number of nitrogens with one attached hydrogen (secondary N) is 1. The van der Waals surface area contributed by atoms with Crippen molar-refractivity contribution in [2.75, 3.05) is 13.7 Å². The van der Waals surface area contributed by atoms with Crippen LogP contribution in [-0.4, -0.2) is 58.0 Å². The van der Waals surface area contributed by atoms with Crippen molar-refractivity contribution in [2.45, 2.75) is 24.9 Å². The van der Waals surface area contributed by atoms with E-state index in [1.165, 1.54) is 13.2 Å². The van der Waals surface area contributed by atoms with Crippen LogP contribution in [0.4, 0.5) is 0 Å². The van der Waals surface area contributed by atoms with E-state index in [0.717, 1.165) is 0 Å². The van der Waals surface area contributed by atoms with Gasteiger partial charge in [-0.15, -0.1) is 0 Å². The van der Waals surface area contributed by atoms with Crippen LogP contribution in [-0.2, 0) is 25.6 Å². The summed E-state index contributed by atoms with van der Waals surface area (Å²) in [7, 11) is 1.32. The number of hydroxylamine groups is 1. The number of phenols is 1. The fourth-order valence-electron chi connectivity index (χ4n) is 6.18. The Labute approximate surface area is 222 Å². The lowest BCUT2D eigenvalue weighted by Crippen LogP contribution is -2.61. The molecule has 0 radical (unpaired) electrons. The minimum atomic E-state index is -2.59. The van der Waals surface area contributed by atoms with E-state index in [4.69, 9.17) is 16.3 Å². The Hall–Kier alpha value is -4.32. The normalized spacial score (nSPS) is 24.2. The molecule has 2 amide bonds. The third kappa shape index (κ3) is 3.85. The highest BCUT2D eigenvalue weighted by Crippen LogP contribution is 2.52. The van der Waals surface area contributed by atoms with Gasteiger partial charge in [0.1, 0.15) is 11.5 Å². The van der Waals surface area contributed by atoms with Crippen LogP contribution in [0, 0.1) is 11.8 Å². The molecule has 3 atom stereocenters. The molecule has 11 heteroatoms. The van der Waals surface area contributed by atoms with Gasteiger partial charge < -0.3 is 26.8 Å². The molecule has 2 aromatic carbocycles. The number of carbonyl (C=O) groups excluding carboxylic acids is 4. The first-order chi connectivity index (χ1) is 18.5. The van der Waals surface area contributed by atoms with Gasteiger partial charge in [0.15, 0.2) is 5.60 Å². The molecule has 202 valence electrons. The number of ketones is 2. The molecule has 39 heavy (non-hydrogen) atoms. The van der Waals surface area contributed by atoms with Crippen LogP contribution >= 0.6 is 0 Å². The Morgan fingerprint density at radius 1 is 1.13 bits per heavy atom. The summed E-state index contributed by atoms with van der Waals surface area (Å²) in [5, 5.41) is 33.5. The molecule has 0 aromatic heterocycles. The van der Waals surface area contributed by atoms with Gasteiger partial charge in [0, 0.05) is 23.6 Å². The number of rotatable bonds is 5. The minimum absolute atomic E-state index is 0.00234. The predicted octanol–water partition coefficient (Wildman–Crippen LogP) is 0.825. The molecule has 3 aliphatic carbocycles. The van der Waals surface area contributed by atoms with Gasteiger partial charge in [0.2, 0.25) is 11.6 Å².